The van der Waals surface area contributed by atoms with Crippen molar-refractivity contribution < 1.29 is 9.84 Å². The lowest BCUT2D eigenvalue weighted by Gasteiger charge is -2.14. The normalized spacial score (nSPS) is 12.4. The smallest absolute Gasteiger partial charge is 0.138 e. The van der Waals surface area contributed by atoms with Crippen LogP contribution in [0.1, 0.15) is 31.7 Å². The van der Waals surface area contributed by atoms with E-state index < -0.39 is 0 Å². The lowest BCUT2D eigenvalue weighted by molar-refractivity contribution is 0.237. The van der Waals surface area contributed by atoms with Crippen molar-refractivity contribution in [2.24, 2.45) is 0 Å². The summed E-state index contributed by atoms with van der Waals surface area (Å²) >= 11 is 6.05. The number of unbranched alkanes of at least 4 members (excludes halogenated alkanes) is 1. The summed E-state index contributed by atoms with van der Waals surface area (Å²) in [7, 11) is 0. The maximum atomic E-state index is 9.03. The maximum Gasteiger partial charge on any atom is 0.138 e. The highest BCUT2D eigenvalue weighted by Crippen LogP contribution is 2.25. The fraction of sp³-hybridized carbons (Fsp3) is 0.600. The monoisotopic (exact) mass is 285 g/mol. The number of halogens is 1. The van der Waals surface area contributed by atoms with Gasteiger partial charge in [0, 0.05) is 6.04 Å². The Morgan fingerprint density at radius 3 is 2.84 bits per heavy atom. The zero-order valence-corrected chi connectivity index (χ0v) is 12.5. The van der Waals surface area contributed by atoms with E-state index in [-0.39, 0.29) is 12.6 Å². The van der Waals surface area contributed by atoms with Gasteiger partial charge >= 0.3 is 0 Å². The molecule has 0 saturated heterocycles. The van der Waals surface area contributed by atoms with Gasteiger partial charge in [-0.3, -0.25) is 0 Å². The van der Waals surface area contributed by atoms with Crippen molar-refractivity contribution >= 4 is 11.6 Å². The van der Waals surface area contributed by atoms with Gasteiger partial charge in [0.2, 0.25) is 0 Å². The minimum atomic E-state index is 0.200. The van der Waals surface area contributed by atoms with Crippen LogP contribution in [0.25, 0.3) is 0 Å². The molecule has 0 aliphatic heterocycles. The summed E-state index contributed by atoms with van der Waals surface area (Å²) in [5.41, 5.74) is 1.15. The second-order valence-electron chi connectivity index (χ2n) is 4.73. The summed E-state index contributed by atoms with van der Waals surface area (Å²) in [4.78, 5) is 0. The van der Waals surface area contributed by atoms with Crippen molar-refractivity contribution in [2.75, 3.05) is 19.8 Å². The van der Waals surface area contributed by atoms with Gasteiger partial charge in [0.05, 0.1) is 18.2 Å². The second-order valence-corrected chi connectivity index (χ2v) is 5.14. The molecule has 3 nitrogen and oxygen atoms in total. The molecule has 108 valence electrons. The minimum Gasteiger partial charge on any atom is -0.492 e. The van der Waals surface area contributed by atoms with Crippen LogP contribution < -0.4 is 10.1 Å². The summed E-state index contributed by atoms with van der Waals surface area (Å²) in [6.07, 6.45) is 2.95. The van der Waals surface area contributed by atoms with Crippen molar-refractivity contribution in [1.29, 1.82) is 0 Å². The average molecular weight is 286 g/mol. The number of hydrogen-bond donors (Lipinski definition) is 2. The molecular weight excluding hydrogens is 262 g/mol. The molecule has 0 spiro atoms. The Bertz CT molecular complexity index is 367. The lowest BCUT2D eigenvalue weighted by Crippen LogP contribution is -2.32. The van der Waals surface area contributed by atoms with Crippen LogP contribution in [0.15, 0.2) is 18.2 Å². The molecule has 0 aliphatic carbocycles. The van der Waals surface area contributed by atoms with E-state index in [1.807, 2.05) is 25.1 Å². The number of aliphatic hydroxyl groups excluding tert-OH is 1. The molecule has 0 amide bonds. The predicted molar refractivity (Wildman–Crippen MR) is 80.1 cm³/mol. The maximum absolute atomic E-state index is 9.03. The topological polar surface area (TPSA) is 41.5 Å². The first-order valence-electron chi connectivity index (χ1n) is 6.90. The minimum absolute atomic E-state index is 0.200. The number of hydrogen-bond acceptors (Lipinski definition) is 3. The quantitative estimate of drug-likeness (QED) is 0.685. The third-order valence-corrected chi connectivity index (χ3v) is 3.37. The van der Waals surface area contributed by atoms with E-state index in [4.69, 9.17) is 21.4 Å². The van der Waals surface area contributed by atoms with E-state index in [2.05, 4.69) is 12.2 Å². The van der Waals surface area contributed by atoms with Crippen LogP contribution in [0.2, 0.25) is 5.02 Å². The molecule has 1 aromatic carbocycles. The van der Waals surface area contributed by atoms with Gasteiger partial charge in [-0.15, -0.1) is 0 Å². The third kappa shape index (κ3) is 6.28. The molecular formula is C15H24ClNO2. The predicted octanol–water partition coefficient (Wildman–Crippen LogP) is 3.17. The number of benzene rings is 1. The molecule has 0 aliphatic rings. The molecule has 2 N–H and O–H groups in total. The third-order valence-electron chi connectivity index (χ3n) is 3.06. The van der Waals surface area contributed by atoms with E-state index in [1.165, 1.54) is 0 Å². The summed E-state index contributed by atoms with van der Waals surface area (Å²) in [5.74, 6) is 0.761. The number of nitrogens with one attached hydrogen (secondary N) is 1. The molecule has 19 heavy (non-hydrogen) atoms. The molecule has 1 aromatic rings. The van der Waals surface area contributed by atoms with Gasteiger partial charge in [0.15, 0.2) is 0 Å². The SMILES string of the molecule is CC[C@@H](CO)NCCCCOc1cc(C)ccc1Cl. The second kappa shape index (κ2) is 9.18. The Morgan fingerprint density at radius 2 is 2.16 bits per heavy atom. The highest BCUT2D eigenvalue weighted by molar-refractivity contribution is 6.32. The van der Waals surface area contributed by atoms with Crippen LogP contribution in [-0.2, 0) is 0 Å². The van der Waals surface area contributed by atoms with E-state index in [9.17, 15) is 0 Å². The molecule has 1 rings (SSSR count). The van der Waals surface area contributed by atoms with E-state index in [0.717, 1.165) is 37.1 Å². The zero-order valence-electron chi connectivity index (χ0n) is 11.8. The van der Waals surface area contributed by atoms with Crippen molar-refractivity contribution in [3.8, 4) is 5.75 Å². The first-order valence-corrected chi connectivity index (χ1v) is 7.28. The molecule has 0 bridgehead atoms. The van der Waals surface area contributed by atoms with Crippen molar-refractivity contribution in [3.63, 3.8) is 0 Å². The highest BCUT2D eigenvalue weighted by Gasteiger charge is 2.03. The molecule has 0 aromatic heterocycles. The van der Waals surface area contributed by atoms with Gasteiger partial charge in [0.1, 0.15) is 5.75 Å². The number of ether oxygens (including phenoxy) is 1. The molecule has 0 fully saturated rings. The van der Waals surface area contributed by atoms with E-state index >= 15 is 0 Å². The van der Waals surface area contributed by atoms with Crippen LogP contribution in [0.5, 0.6) is 5.75 Å². The molecule has 0 heterocycles. The van der Waals surface area contributed by atoms with Gasteiger partial charge in [-0.05, 0) is 50.4 Å². The number of rotatable bonds is 9. The van der Waals surface area contributed by atoms with Gasteiger partial charge in [-0.2, -0.15) is 0 Å². The molecule has 1 atom stereocenters. The Labute approximate surface area is 120 Å². The van der Waals surface area contributed by atoms with Crippen LogP contribution in [-0.4, -0.2) is 30.9 Å². The summed E-state index contributed by atoms with van der Waals surface area (Å²) < 4.78 is 5.67. The number of aryl methyl sites for hydroxylation is 1. The van der Waals surface area contributed by atoms with E-state index in [0.29, 0.717) is 11.6 Å². The van der Waals surface area contributed by atoms with Crippen LogP contribution >= 0.6 is 11.6 Å². The number of aliphatic hydroxyl groups is 1. The summed E-state index contributed by atoms with van der Waals surface area (Å²) in [5, 5.41) is 13.0. The van der Waals surface area contributed by atoms with Gasteiger partial charge < -0.3 is 15.2 Å². The zero-order chi connectivity index (χ0) is 14.1. The van der Waals surface area contributed by atoms with Gasteiger partial charge in [-0.1, -0.05) is 24.6 Å². The molecule has 0 radical (unpaired) electrons. The average Bonchev–Trinajstić information content (AvgIpc) is 2.42. The summed E-state index contributed by atoms with van der Waals surface area (Å²) in [6, 6.07) is 6.01. The van der Waals surface area contributed by atoms with Crippen LogP contribution in [0.3, 0.4) is 0 Å². The largest absolute Gasteiger partial charge is 0.492 e. The molecule has 4 heteroatoms. The van der Waals surface area contributed by atoms with Crippen LogP contribution in [0, 0.1) is 6.92 Å². The Morgan fingerprint density at radius 1 is 1.37 bits per heavy atom. The highest BCUT2D eigenvalue weighted by atomic mass is 35.5. The molecule has 0 saturated carbocycles. The Balaban J connectivity index is 2.15. The first-order chi connectivity index (χ1) is 9.17. The fourth-order valence-corrected chi connectivity index (χ4v) is 1.95. The van der Waals surface area contributed by atoms with Crippen molar-refractivity contribution in [2.45, 2.75) is 39.2 Å². The fourth-order valence-electron chi connectivity index (χ4n) is 1.77. The Hall–Kier alpha value is -0.770. The lowest BCUT2D eigenvalue weighted by atomic mass is 10.2. The summed E-state index contributed by atoms with van der Waals surface area (Å²) in [6.45, 7) is 5.86. The van der Waals surface area contributed by atoms with Crippen molar-refractivity contribution in [3.05, 3.63) is 28.8 Å². The Kier molecular flexibility index (Phi) is 7.87. The van der Waals surface area contributed by atoms with E-state index in [1.54, 1.807) is 0 Å². The van der Waals surface area contributed by atoms with Gasteiger partial charge in [-0.25, -0.2) is 0 Å². The van der Waals surface area contributed by atoms with Gasteiger partial charge in [0.25, 0.3) is 0 Å². The van der Waals surface area contributed by atoms with Crippen LogP contribution in [0.4, 0.5) is 0 Å². The standard InChI is InChI=1S/C15H24ClNO2/c1-3-13(11-18)17-8-4-5-9-19-15-10-12(2)6-7-14(15)16/h6-7,10,13,17-18H,3-5,8-9,11H2,1-2H3/t13-/m0/s1. The first kappa shape index (κ1) is 16.3. The van der Waals surface area contributed by atoms with Crippen molar-refractivity contribution in [1.82, 2.24) is 5.32 Å². The molecule has 0 unspecified atom stereocenters.